The Morgan fingerprint density at radius 1 is 1.10 bits per heavy atom. The van der Waals surface area contributed by atoms with E-state index in [1.54, 1.807) is 12.1 Å². The van der Waals surface area contributed by atoms with Crippen molar-refractivity contribution in [1.29, 1.82) is 0 Å². The van der Waals surface area contributed by atoms with Gasteiger partial charge in [-0.2, -0.15) is 5.10 Å². The van der Waals surface area contributed by atoms with Gasteiger partial charge in [-0.3, -0.25) is 25.1 Å². The fourth-order valence-corrected chi connectivity index (χ4v) is 2.65. The minimum Gasteiger partial charge on any atom is -0.495 e. The Bertz CT molecular complexity index is 1020. The maximum atomic E-state index is 12.7. The topological polar surface area (TPSA) is 158 Å². The third-order valence-corrected chi connectivity index (χ3v) is 4.18. The monoisotopic (exact) mass is 429 g/mol. The van der Waals surface area contributed by atoms with Gasteiger partial charge in [0.25, 0.3) is 11.6 Å². The molecule has 0 aliphatic rings. The lowest BCUT2D eigenvalue weighted by Gasteiger charge is -2.13. The van der Waals surface area contributed by atoms with Gasteiger partial charge in [0.05, 0.1) is 36.6 Å². The first-order valence-electron chi connectivity index (χ1n) is 9.16. The molecule has 0 unspecified atom stereocenters. The number of hydrazone groups is 1. The number of methoxy groups -OCH3 is 2. The first-order valence-corrected chi connectivity index (χ1v) is 9.16. The zero-order valence-corrected chi connectivity index (χ0v) is 17.3. The highest BCUT2D eigenvalue weighted by Gasteiger charge is 2.20. The average molecular weight is 429 g/mol. The Morgan fingerprint density at radius 2 is 1.81 bits per heavy atom. The summed E-state index contributed by atoms with van der Waals surface area (Å²) in [6.07, 6.45) is 0.599. The summed E-state index contributed by atoms with van der Waals surface area (Å²) >= 11 is 0. The van der Waals surface area contributed by atoms with Gasteiger partial charge in [-0.05, 0) is 36.7 Å². The van der Waals surface area contributed by atoms with Crippen LogP contribution in [-0.4, -0.2) is 43.1 Å². The summed E-state index contributed by atoms with van der Waals surface area (Å²) in [5, 5.41) is 17.4. The molecular formula is C20H23N5O6. The molecule has 2 aromatic rings. The minimum absolute atomic E-state index is 0.123. The normalized spacial score (nSPS) is 10.9. The minimum atomic E-state index is -0.760. The molecule has 0 heterocycles. The van der Waals surface area contributed by atoms with Gasteiger partial charge in [0, 0.05) is 13.0 Å². The number of nitrogens with two attached hydrogens (primary N) is 1. The number of nitrogens with zero attached hydrogens (tertiary/aromatic N) is 2. The number of carbonyl (C=O) groups excluding carboxylic acids is 2. The van der Waals surface area contributed by atoms with Gasteiger partial charge in [0.15, 0.2) is 17.2 Å². The van der Waals surface area contributed by atoms with Crippen LogP contribution in [0.1, 0.15) is 12.5 Å². The molecule has 0 aromatic heterocycles. The fraction of sp³-hybridized carbons (Fsp3) is 0.250. The Kier molecular flexibility index (Phi) is 8.03. The van der Waals surface area contributed by atoms with Crippen LogP contribution >= 0.6 is 0 Å². The summed E-state index contributed by atoms with van der Waals surface area (Å²) in [5.74, 6) is -0.827. The van der Waals surface area contributed by atoms with Gasteiger partial charge in [-0.15, -0.1) is 0 Å². The second-order valence-corrected chi connectivity index (χ2v) is 6.30. The summed E-state index contributed by atoms with van der Waals surface area (Å²) in [6.45, 7) is 1.62. The number of ketones is 1. The quantitative estimate of drug-likeness (QED) is 0.224. The van der Waals surface area contributed by atoms with Crippen LogP contribution < -0.4 is 25.9 Å². The number of nitro groups is 1. The lowest BCUT2D eigenvalue weighted by molar-refractivity contribution is -0.384. The molecule has 31 heavy (non-hydrogen) atoms. The van der Waals surface area contributed by atoms with E-state index in [0.717, 1.165) is 5.56 Å². The predicted molar refractivity (Wildman–Crippen MR) is 116 cm³/mol. The molecule has 0 aliphatic carbocycles. The average Bonchev–Trinajstić information content (AvgIpc) is 2.74. The molecule has 1 amide bonds. The number of Topliss-reactive ketones (excluding diaryl/α,β-unsaturated/α-hetero) is 1. The number of hydrogen-bond acceptors (Lipinski definition) is 9. The molecule has 0 aliphatic heterocycles. The Morgan fingerprint density at radius 3 is 2.39 bits per heavy atom. The Balaban J connectivity index is 2.29. The number of benzene rings is 2. The van der Waals surface area contributed by atoms with Crippen molar-refractivity contribution in [3.8, 4) is 11.5 Å². The van der Waals surface area contributed by atoms with Gasteiger partial charge < -0.3 is 20.5 Å². The fourth-order valence-electron chi connectivity index (χ4n) is 2.65. The molecule has 164 valence electrons. The van der Waals surface area contributed by atoms with E-state index in [0.29, 0.717) is 24.4 Å². The van der Waals surface area contributed by atoms with Crippen molar-refractivity contribution >= 4 is 34.5 Å². The number of rotatable bonds is 10. The molecule has 0 saturated heterocycles. The Labute approximate surface area is 178 Å². The molecule has 11 heteroatoms. The van der Waals surface area contributed by atoms with E-state index in [-0.39, 0.29) is 17.1 Å². The highest BCUT2D eigenvalue weighted by atomic mass is 16.6. The lowest BCUT2D eigenvalue weighted by atomic mass is 10.1. The number of carbonyl (C=O) groups is 2. The first-order chi connectivity index (χ1) is 14.8. The van der Waals surface area contributed by atoms with Crippen LogP contribution in [0.5, 0.6) is 11.5 Å². The molecule has 2 rings (SSSR count). The van der Waals surface area contributed by atoms with E-state index in [1.165, 1.54) is 39.3 Å². The summed E-state index contributed by atoms with van der Waals surface area (Å²) in [4.78, 5) is 35.1. The van der Waals surface area contributed by atoms with Crippen LogP contribution in [-0.2, 0) is 16.0 Å². The number of nitrogens with one attached hydrogen (secondary N) is 2. The molecular weight excluding hydrogens is 406 g/mol. The SMILES string of the molecule is COc1cc([N+](=O)[O-])ccc1N/N=C(\C(C)=O)C(=O)Nc1cc(CCN)ccc1OC. The van der Waals surface area contributed by atoms with E-state index in [2.05, 4.69) is 15.8 Å². The number of nitro benzene ring substituents is 1. The van der Waals surface area contributed by atoms with Gasteiger partial charge in [0.2, 0.25) is 0 Å². The third kappa shape index (κ3) is 6.00. The van der Waals surface area contributed by atoms with E-state index in [1.807, 2.05) is 6.07 Å². The summed E-state index contributed by atoms with van der Waals surface area (Å²) in [6, 6.07) is 9.00. The zero-order valence-electron chi connectivity index (χ0n) is 17.3. The third-order valence-electron chi connectivity index (χ3n) is 4.18. The number of anilines is 2. The van der Waals surface area contributed by atoms with Crippen molar-refractivity contribution in [3.63, 3.8) is 0 Å². The highest BCUT2D eigenvalue weighted by Crippen LogP contribution is 2.29. The lowest BCUT2D eigenvalue weighted by Crippen LogP contribution is -2.29. The maximum Gasteiger partial charge on any atom is 0.279 e. The van der Waals surface area contributed by atoms with Crippen molar-refractivity contribution in [2.75, 3.05) is 31.5 Å². The van der Waals surface area contributed by atoms with Crippen LogP contribution in [0.3, 0.4) is 0 Å². The van der Waals surface area contributed by atoms with Crippen LogP contribution in [0.25, 0.3) is 0 Å². The van der Waals surface area contributed by atoms with Crippen molar-refractivity contribution in [3.05, 3.63) is 52.1 Å². The maximum absolute atomic E-state index is 12.7. The van der Waals surface area contributed by atoms with Crippen LogP contribution in [0, 0.1) is 10.1 Å². The number of hydrogen-bond donors (Lipinski definition) is 3. The number of non-ortho nitro benzene ring substituents is 1. The van der Waals surface area contributed by atoms with E-state index < -0.39 is 22.3 Å². The van der Waals surface area contributed by atoms with Crippen LogP contribution in [0.2, 0.25) is 0 Å². The number of amides is 1. The summed E-state index contributed by atoms with van der Waals surface area (Å²) in [5.41, 5.74) is 9.02. The molecule has 11 nitrogen and oxygen atoms in total. The molecule has 0 atom stereocenters. The first kappa shape index (κ1) is 23.3. The van der Waals surface area contributed by atoms with E-state index in [4.69, 9.17) is 15.2 Å². The second-order valence-electron chi connectivity index (χ2n) is 6.30. The second kappa shape index (κ2) is 10.7. The summed E-state index contributed by atoms with van der Waals surface area (Å²) < 4.78 is 10.4. The van der Waals surface area contributed by atoms with Crippen LogP contribution in [0.15, 0.2) is 41.5 Å². The van der Waals surface area contributed by atoms with E-state index >= 15 is 0 Å². The molecule has 2 aromatic carbocycles. The van der Waals surface area contributed by atoms with Crippen molar-refractivity contribution < 1.29 is 24.0 Å². The van der Waals surface area contributed by atoms with Gasteiger partial charge in [0.1, 0.15) is 5.75 Å². The van der Waals surface area contributed by atoms with Crippen molar-refractivity contribution in [2.45, 2.75) is 13.3 Å². The molecule has 0 fully saturated rings. The van der Waals surface area contributed by atoms with Crippen molar-refractivity contribution in [2.24, 2.45) is 10.8 Å². The Hall–Kier alpha value is -3.99. The molecule has 0 radical (unpaired) electrons. The predicted octanol–water partition coefficient (Wildman–Crippen LogP) is 2.11. The standard InChI is InChI=1S/C20H23N5O6/c1-12(26)19(24-23-15-6-5-14(25(28)29)11-18(15)31-3)20(27)22-16-10-13(8-9-21)4-7-17(16)30-2/h4-7,10-11,23H,8-9,21H2,1-3H3,(H,22,27)/b24-19+. The molecule has 4 N–H and O–H groups in total. The highest BCUT2D eigenvalue weighted by molar-refractivity contribution is 6.67. The van der Waals surface area contributed by atoms with Gasteiger partial charge >= 0.3 is 0 Å². The number of ether oxygens (including phenoxy) is 2. The zero-order chi connectivity index (χ0) is 23.0. The van der Waals surface area contributed by atoms with Crippen LogP contribution in [0.4, 0.5) is 17.1 Å². The molecule has 0 saturated carbocycles. The molecule has 0 spiro atoms. The van der Waals surface area contributed by atoms with E-state index in [9.17, 15) is 19.7 Å². The van der Waals surface area contributed by atoms with Crippen molar-refractivity contribution in [1.82, 2.24) is 0 Å². The molecule has 0 bridgehead atoms. The van der Waals surface area contributed by atoms with Gasteiger partial charge in [-0.1, -0.05) is 6.07 Å². The van der Waals surface area contributed by atoms with Gasteiger partial charge in [-0.25, -0.2) is 0 Å². The summed E-state index contributed by atoms with van der Waals surface area (Å²) in [7, 11) is 2.78. The smallest absolute Gasteiger partial charge is 0.279 e. The largest absolute Gasteiger partial charge is 0.495 e.